The van der Waals surface area contributed by atoms with Gasteiger partial charge in [-0.15, -0.1) is 24.0 Å². The fraction of sp³-hybridized carbons (Fsp3) is 1.00. The van der Waals surface area contributed by atoms with Crippen molar-refractivity contribution in [3.05, 3.63) is 0 Å². The van der Waals surface area contributed by atoms with Gasteiger partial charge in [0.1, 0.15) is 0 Å². The summed E-state index contributed by atoms with van der Waals surface area (Å²) in [5.41, 5.74) is 0. The third-order valence-corrected chi connectivity index (χ3v) is 1.05. The summed E-state index contributed by atoms with van der Waals surface area (Å²) in [5, 5.41) is 3.05. The van der Waals surface area contributed by atoms with E-state index in [2.05, 4.69) is 5.32 Å². The molecular weight excluding hydrogens is 121 g/mol. The molecule has 1 fully saturated rings. The first-order valence-electron chi connectivity index (χ1n) is 1.73. The van der Waals surface area contributed by atoms with Crippen LogP contribution in [0, 0.1) is 0 Å². The van der Waals surface area contributed by atoms with E-state index in [1.807, 2.05) is 0 Å². The molecule has 1 aliphatic rings. The zero-order valence-corrected chi connectivity index (χ0v) is 4.85. The summed E-state index contributed by atoms with van der Waals surface area (Å²) in [6, 6.07) is 0.650. The van der Waals surface area contributed by atoms with E-state index in [0.717, 1.165) is 12.4 Å². The van der Waals surface area contributed by atoms with Gasteiger partial charge in [-0.3, -0.25) is 0 Å². The fourth-order valence-corrected chi connectivity index (χ4v) is 0.411. The van der Waals surface area contributed by atoms with E-state index in [9.17, 15) is 0 Å². The van der Waals surface area contributed by atoms with E-state index in [4.69, 9.17) is 11.6 Å². The zero-order chi connectivity index (χ0) is 3.70. The van der Waals surface area contributed by atoms with Crippen molar-refractivity contribution in [2.75, 3.05) is 12.4 Å². The van der Waals surface area contributed by atoms with Gasteiger partial charge in [0, 0.05) is 18.5 Å². The Hall–Kier alpha value is 0.540. The van der Waals surface area contributed by atoms with E-state index in [1.165, 1.54) is 0 Å². The summed E-state index contributed by atoms with van der Waals surface area (Å²) in [5.74, 6) is 0.778. The van der Waals surface area contributed by atoms with Gasteiger partial charge in [-0.2, -0.15) is 0 Å². The summed E-state index contributed by atoms with van der Waals surface area (Å²) < 4.78 is 0. The van der Waals surface area contributed by atoms with Gasteiger partial charge in [0.05, 0.1) is 0 Å². The second-order valence-electron chi connectivity index (χ2n) is 1.26. The Morgan fingerprint density at radius 3 is 2.33 bits per heavy atom. The van der Waals surface area contributed by atoms with Gasteiger partial charge in [-0.05, 0) is 0 Å². The minimum absolute atomic E-state index is 0. The first-order valence-corrected chi connectivity index (χ1v) is 2.26. The maximum Gasteiger partial charge on any atom is 0.0389 e. The molecule has 0 spiro atoms. The molecule has 6 heavy (non-hydrogen) atoms. The largest absolute Gasteiger partial charge is 0.310 e. The van der Waals surface area contributed by atoms with Crippen LogP contribution >= 0.6 is 24.0 Å². The summed E-state index contributed by atoms with van der Waals surface area (Å²) in [4.78, 5) is 0. The standard InChI is InChI=1S/C3H6ClN.ClH/c4-1-3-2-5-3;/h3,5H,1-2H2;1H. The SMILES string of the molecule is Cl.ClCC1CN1. The molecule has 0 aromatic rings. The molecule has 0 aromatic carbocycles. The lowest BCUT2D eigenvalue weighted by Gasteiger charge is -1.69. The lowest BCUT2D eigenvalue weighted by atomic mass is 10.6. The highest BCUT2D eigenvalue weighted by Crippen LogP contribution is 1.96. The van der Waals surface area contributed by atoms with Crippen molar-refractivity contribution in [1.82, 2.24) is 5.32 Å². The van der Waals surface area contributed by atoms with Crippen LogP contribution in [0.3, 0.4) is 0 Å². The maximum atomic E-state index is 5.34. The highest BCUT2D eigenvalue weighted by molar-refractivity contribution is 6.18. The van der Waals surface area contributed by atoms with E-state index in [0.29, 0.717) is 6.04 Å². The quantitative estimate of drug-likeness (QED) is 0.405. The van der Waals surface area contributed by atoms with Gasteiger partial charge in [0.15, 0.2) is 0 Å². The maximum absolute atomic E-state index is 5.34. The average Bonchev–Trinajstić information content (AvgIpc) is 2.12. The van der Waals surface area contributed by atoms with Crippen molar-refractivity contribution in [3.8, 4) is 0 Å². The predicted octanol–water partition coefficient (Wildman–Crippen LogP) is 0.619. The van der Waals surface area contributed by atoms with Gasteiger partial charge >= 0.3 is 0 Å². The van der Waals surface area contributed by atoms with Gasteiger partial charge in [-0.1, -0.05) is 0 Å². The number of halogens is 2. The second kappa shape index (κ2) is 2.67. The number of alkyl halides is 1. The molecule has 1 N–H and O–H groups in total. The Bertz CT molecular complexity index is 35.8. The van der Waals surface area contributed by atoms with Crippen LogP contribution in [0.15, 0.2) is 0 Å². The average molecular weight is 128 g/mol. The molecule has 0 saturated carbocycles. The number of nitrogens with one attached hydrogen (secondary N) is 1. The zero-order valence-electron chi connectivity index (χ0n) is 3.28. The molecule has 0 aromatic heterocycles. The molecule has 1 atom stereocenters. The highest BCUT2D eigenvalue weighted by atomic mass is 35.5. The Morgan fingerprint density at radius 1 is 1.83 bits per heavy atom. The van der Waals surface area contributed by atoms with E-state index < -0.39 is 0 Å². The first-order chi connectivity index (χ1) is 2.43. The molecule has 3 heteroatoms. The van der Waals surface area contributed by atoms with E-state index in [1.54, 1.807) is 0 Å². The van der Waals surface area contributed by atoms with Crippen molar-refractivity contribution in [2.45, 2.75) is 6.04 Å². The van der Waals surface area contributed by atoms with Gasteiger partial charge in [-0.25, -0.2) is 0 Å². The van der Waals surface area contributed by atoms with Crippen LogP contribution in [-0.2, 0) is 0 Å². The summed E-state index contributed by atoms with van der Waals surface area (Å²) in [7, 11) is 0. The second-order valence-corrected chi connectivity index (χ2v) is 1.57. The van der Waals surface area contributed by atoms with Crippen LogP contribution in [0.4, 0.5) is 0 Å². The number of rotatable bonds is 1. The third-order valence-electron chi connectivity index (χ3n) is 0.679. The van der Waals surface area contributed by atoms with Crippen molar-refractivity contribution < 1.29 is 0 Å². The molecule has 0 bridgehead atoms. The van der Waals surface area contributed by atoms with Gasteiger partial charge < -0.3 is 5.32 Å². The molecule has 0 radical (unpaired) electrons. The monoisotopic (exact) mass is 127 g/mol. The normalized spacial score (nSPS) is 28.5. The number of hydrogen-bond acceptors (Lipinski definition) is 1. The molecule has 1 heterocycles. The van der Waals surface area contributed by atoms with Crippen molar-refractivity contribution in [3.63, 3.8) is 0 Å². The fourth-order valence-electron chi connectivity index (χ4n) is 0.192. The topological polar surface area (TPSA) is 21.9 Å². The van der Waals surface area contributed by atoms with E-state index >= 15 is 0 Å². The van der Waals surface area contributed by atoms with Gasteiger partial charge in [0.25, 0.3) is 0 Å². The van der Waals surface area contributed by atoms with E-state index in [-0.39, 0.29) is 12.4 Å². The minimum Gasteiger partial charge on any atom is -0.310 e. The highest BCUT2D eigenvalue weighted by Gasteiger charge is 2.16. The molecule has 1 aliphatic heterocycles. The van der Waals surface area contributed by atoms with Crippen LogP contribution in [-0.4, -0.2) is 18.5 Å². The molecule has 1 nitrogen and oxygen atoms in total. The molecular formula is C3H7Cl2N. The van der Waals surface area contributed by atoms with Crippen LogP contribution < -0.4 is 5.32 Å². The third kappa shape index (κ3) is 1.85. The summed E-state index contributed by atoms with van der Waals surface area (Å²) in [6.45, 7) is 1.13. The lowest BCUT2D eigenvalue weighted by Crippen LogP contribution is -1.87. The van der Waals surface area contributed by atoms with Crippen molar-refractivity contribution in [2.24, 2.45) is 0 Å². The van der Waals surface area contributed by atoms with Crippen molar-refractivity contribution >= 4 is 24.0 Å². The summed E-state index contributed by atoms with van der Waals surface area (Å²) in [6.07, 6.45) is 0. The van der Waals surface area contributed by atoms with Gasteiger partial charge in [0.2, 0.25) is 0 Å². The smallest absolute Gasteiger partial charge is 0.0389 e. The number of hydrogen-bond donors (Lipinski definition) is 1. The predicted molar refractivity (Wildman–Crippen MR) is 29.8 cm³/mol. The van der Waals surface area contributed by atoms with Crippen LogP contribution in [0.1, 0.15) is 0 Å². The Balaban J connectivity index is 0.000000250. The Morgan fingerprint density at radius 2 is 2.33 bits per heavy atom. The van der Waals surface area contributed by atoms with Crippen LogP contribution in [0.25, 0.3) is 0 Å². The molecule has 1 unspecified atom stereocenters. The Kier molecular flexibility index (Phi) is 2.91. The lowest BCUT2D eigenvalue weighted by molar-refractivity contribution is 1.10. The van der Waals surface area contributed by atoms with Crippen molar-refractivity contribution in [1.29, 1.82) is 0 Å². The first kappa shape index (κ1) is 6.54. The molecule has 1 saturated heterocycles. The Labute approximate surface area is 48.5 Å². The summed E-state index contributed by atoms with van der Waals surface area (Å²) >= 11 is 5.34. The van der Waals surface area contributed by atoms with Crippen LogP contribution in [0.5, 0.6) is 0 Å². The molecule has 1 rings (SSSR count). The molecule has 0 amide bonds. The molecule has 0 aliphatic carbocycles. The van der Waals surface area contributed by atoms with Crippen LogP contribution in [0.2, 0.25) is 0 Å². The molecule has 38 valence electrons. The minimum atomic E-state index is 0.